The molecule has 1 aromatic carbocycles. The fourth-order valence-corrected chi connectivity index (χ4v) is 2.90. The lowest BCUT2D eigenvalue weighted by atomic mass is 10.1. The van der Waals surface area contributed by atoms with Gasteiger partial charge in [0.2, 0.25) is 0 Å². The Bertz CT molecular complexity index is 644. The highest BCUT2D eigenvalue weighted by molar-refractivity contribution is 7.18. The summed E-state index contributed by atoms with van der Waals surface area (Å²) in [7, 11) is 0. The Kier molecular flexibility index (Phi) is 5.03. The van der Waals surface area contributed by atoms with E-state index in [-0.39, 0.29) is 17.8 Å². The van der Waals surface area contributed by atoms with Crippen LogP contribution in [0.4, 0.5) is 10.9 Å². The third-order valence-electron chi connectivity index (χ3n) is 2.88. The standard InChI is InChI=1S/C14H17ClN4OS/c1-3-17-14-19-12(16)11(21-14)13(20)18-8(2)9-5-4-6-10(15)7-9/h4-8H,3,16H2,1-2H3,(H,17,19)(H,18,20). The maximum Gasteiger partial charge on any atom is 0.265 e. The largest absolute Gasteiger partial charge is 0.382 e. The third kappa shape index (κ3) is 3.86. The van der Waals surface area contributed by atoms with Crippen molar-refractivity contribution in [1.82, 2.24) is 10.3 Å². The Labute approximate surface area is 132 Å². The number of carbonyl (C=O) groups excluding carboxylic acids is 1. The summed E-state index contributed by atoms with van der Waals surface area (Å²) in [5.41, 5.74) is 6.72. The number of amides is 1. The number of hydrogen-bond donors (Lipinski definition) is 3. The molecule has 5 nitrogen and oxygen atoms in total. The number of nitrogens with one attached hydrogen (secondary N) is 2. The quantitative estimate of drug-likeness (QED) is 0.788. The number of aromatic nitrogens is 1. The molecule has 2 rings (SSSR count). The number of hydrogen-bond acceptors (Lipinski definition) is 5. The average molecular weight is 325 g/mol. The summed E-state index contributed by atoms with van der Waals surface area (Å²) >= 11 is 7.20. The van der Waals surface area contributed by atoms with Crippen LogP contribution in [0.25, 0.3) is 0 Å². The smallest absolute Gasteiger partial charge is 0.265 e. The van der Waals surface area contributed by atoms with Gasteiger partial charge in [-0.05, 0) is 31.5 Å². The van der Waals surface area contributed by atoms with E-state index in [1.54, 1.807) is 6.07 Å². The van der Waals surface area contributed by atoms with Crippen molar-refractivity contribution >= 4 is 39.8 Å². The molecule has 0 saturated carbocycles. The summed E-state index contributed by atoms with van der Waals surface area (Å²) < 4.78 is 0. The van der Waals surface area contributed by atoms with Crippen LogP contribution in [0.15, 0.2) is 24.3 Å². The van der Waals surface area contributed by atoms with E-state index in [0.717, 1.165) is 12.1 Å². The van der Waals surface area contributed by atoms with Gasteiger partial charge in [0, 0.05) is 11.6 Å². The summed E-state index contributed by atoms with van der Waals surface area (Å²) in [6.07, 6.45) is 0. The predicted molar refractivity (Wildman–Crippen MR) is 88.0 cm³/mol. The molecular formula is C14H17ClN4OS. The number of benzene rings is 1. The number of halogens is 1. The average Bonchev–Trinajstić information content (AvgIpc) is 2.80. The lowest BCUT2D eigenvalue weighted by Gasteiger charge is -2.14. The SMILES string of the molecule is CCNc1nc(N)c(C(=O)NC(C)c2cccc(Cl)c2)s1. The molecule has 1 heterocycles. The van der Waals surface area contributed by atoms with Gasteiger partial charge >= 0.3 is 0 Å². The molecule has 4 N–H and O–H groups in total. The highest BCUT2D eigenvalue weighted by Crippen LogP contribution is 2.26. The van der Waals surface area contributed by atoms with E-state index in [1.165, 1.54) is 11.3 Å². The van der Waals surface area contributed by atoms with Crippen molar-refractivity contribution in [2.45, 2.75) is 19.9 Å². The third-order valence-corrected chi connectivity index (χ3v) is 4.15. The molecule has 112 valence electrons. The molecule has 1 aromatic heterocycles. The molecule has 0 saturated heterocycles. The van der Waals surface area contributed by atoms with E-state index in [2.05, 4.69) is 15.6 Å². The second kappa shape index (κ2) is 6.78. The van der Waals surface area contributed by atoms with Crippen LogP contribution >= 0.6 is 22.9 Å². The van der Waals surface area contributed by atoms with Crippen molar-refractivity contribution in [1.29, 1.82) is 0 Å². The monoisotopic (exact) mass is 324 g/mol. The van der Waals surface area contributed by atoms with Crippen LogP contribution in [0.5, 0.6) is 0 Å². The molecule has 0 aliphatic heterocycles. The molecule has 0 fully saturated rings. The molecule has 7 heteroatoms. The number of nitrogens with two attached hydrogens (primary N) is 1. The zero-order valence-electron chi connectivity index (χ0n) is 11.8. The molecule has 1 atom stereocenters. The number of rotatable bonds is 5. The Hall–Kier alpha value is -1.79. The van der Waals surface area contributed by atoms with Crippen molar-refractivity contribution in [2.75, 3.05) is 17.6 Å². The summed E-state index contributed by atoms with van der Waals surface area (Å²) in [6, 6.07) is 7.22. The first-order valence-electron chi connectivity index (χ1n) is 6.57. The van der Waals surface area contributed by atoms with E-state index in [4.69, 9.17) is 17.3 Å². The van der Waals surface area contributed by atoms with Crippen LogP contribution in [0, 0.1) is 0 Å². The van der Waals surface area contributed by atoms with Gasteiger partial charge in [-0.15, -0.1) is 0 Å². The maximum atomic E-state index is 12.3. The highest BCUT2D eigenvalue weighted by Gasteiger charge is 2.18. The van der Waals surface area contributed by atoms with E-state index in [9.17, 15) is 4.79 Å². The Balaban J connectivity index is 2.10. The first-order chi connectivity index (χ1) is 10.0. The molecule has 21 heavy (non-hydrogen) atoms. The number of thiazole rings is 1. The number of nitrogens with zero attached hydrogens (tertiary/aromatic N) is 1. The molecule has 1 amide bonds. The predicted octanol–water partition coefficient (Wildman–Crippen LogP) is 3.30. The molecule has 2 aromatic rings. The summed E-state index contributed by atoms with van der Waals surface area (Å²) in [4.78, 5) is 16.8. The van der Waals surface area contributed by atoms with Crippen LogP contribution in [0.1, 0.15) is 35.1 Å². The van der Waals surface area contributed by atoms with Crippen LogP contribution < -0.4 is 16.4 Å². The fourth-order valence-electron chi connectivity index (χ4n) is 1.84. The minimum atomic E-state index is -0.235. The first kappa shape index (κ1) is 15.6. The lowest BCUT2D eigenvalue weighted by Crippen LogP contribution is -2.26. The summed E-state index contributed by atoms with van der Waals surface area (Å²) in [6.45, 7) is 4.58. The van der Waals surface area contributed by atoms with Crippen LogP contribution in [-0.2, 0) is 0 Å². The summed E-state index contributed by atoms with van der Waals surface area (Å²) in [5.74, 6) is 0.00775. The number of anilines is 2. The van der Waals surface area contributed by atoms with Crippen molar-refractivity contribution in [3.8, 4) is 0 Å². The van der Waals surface area contributed by atoms with E-state index in [1.807, 2.05) is 32.0 Å². The Morgan fingerprint density at radius 1 is 1.52 bits per heavy atom. The van der Waals surface area contributed by atoms with Gasteiger partial charge in [0.05, 0.1) is 6.04 Å². The molecule has 0 aliphatic carbocycles. The van der Waals surface area contributed by atoms with Gasteiger partial charge in [-0.1, -0.05) is 35.1 Å². The number of carbonyl (C=O) groups is 1. The minimum absolute atomic E-state index is 0.166. The van der Waals surface area contributed by atoms with Gasteiger partial charge in [-0.3, -0.25) is 4.79 Å². The molecular weight excluding hydrogens is 308 g/mol. The molecule has 0 spiro atoms. The zero-order chi connectivity index (χ0) is 15.4. The Morgan fingerprint density at radius 2 is 2.29 bits per heavy atom. The maximum absolute atomic E-state index is 12.3. The van der Waals surface area contributed by atoms with Gasteiger partial charge in [-0.25, -0.2) is 4.98 Å². The molecule has 1 unspecified atom stereocenters. The van der Waals surface area contributed by atoms with Crippen LogP contribution in [0.2, 0.25) is 5.02 Å². The molecule has 0 radical (unpaired) electrons. The highest BCUT2D eigenvalue weighted by atomic mass is 35.5. The zero-order valence-corrected chi connectivity index (χ0v) is 13.4. The lowest BCUT2D eigenvalue weighted by molar-refractivity contribution is 0.0944. The van der Waals surface area contributed by atoms with Gasteiger partial charge in [0.15, 0.2) is 5.13 Å². The van der Waals surface area contributed by atoms with Crippen molar-refractivity contribution in [3.63, 3.8) is 0 Å². The second-order valence-corrected chi connectivity index (χ2v) is 5.95. The van der Waals surface area contributed by atoms with Gasteiger partial charge in [0.25, 0.3) is 5.91 Å². The van der Waals surface area contributed by atoms with Crippen LogP contribution in [0.3, 0.4) is 0 Å². The number of nitrogen functional groups attached to an aromatic ring is 1. The second-order valence-electron chi connectivity index (χ2n) is 4.51. The van der Waals surface area contributed by atoms with Gasteiger partial charge in [-0.2, -0.15) is 0 Å². The van der Waals surface area contributed by atoms with Gasteiger partial charge < -0.3 is 16.4 Å². The van der Waals surface area contributed by atoms with E-state index in [0.29, 0.717) is 15.0 Å². The minimum Gasteiger partial charge on any atom is -0.382 e. The molecule has 0 bridgehead atoms. The van der Waals surface area contributed by atoms with E-state index < -0.39 is 0 Å². The fraction of sp³-hybridized carbons (Fsp3) is 0.286. The van der Waals surface area contributed by atoms with Gasteiger partial charge in [0.1, 0.15) is 10.7 Å². The topological polar surface area (TPSA) is 80.0 Å². The summed E-state index contributed by atoms with van der Waals surface area (Å²) in [5, 5.41) is 7.23. The Morgan fingerprint density at radius 3 is 2.95 bits per heavy atom. The van der Waals surface area contributed by atoms with E-state index >= 15 is 0 Å². The molecule has 0 aliphatic rings. The van der Waals surface area contributed by atoms with Crippen molar-refractivity contribution in [2.24, 2.45) is 0 Å². The first-order valence-corrected chi connectivity index (χ1v) is 7.77. The van der Waals surface area contributed by atoms with Crippen LogP contribution in [-0.4, -0.2) is 17.4 Å². The normalized spacial score (nSPS) is 12.0. The van der Waals surface area contributed by atoms with Crippen molar-refractivity contribution < 1.29 is 4.79 Å². The van der Waals surface area contributed by atoms with Crippen molar-refractivity contribution in [3.05, 3.63) is 39.7 Å².